The average molecular weight is 526 g/mol. The molecule has 3 rings (SSSR count). The molecule has 0 saturated carbocycles. The van der Waals surface area contributed by atoms with Gasteiger partial charge in [0.25, 0.3) is 5.91 Å². The zero-order valence-electron chi connectivity index (χ0n) is 17.7. The third-order valence-electron chi connectivity index (χ3n) is 4.60. The van der Waals surface area contributed by atoms with E-state index in [4.69, 9.17) is 9.47 Å². The second kappa shape index (κ2) is 10.3. The van der Waals surface area contributed by atoms with Gasteiger partial charge in [-0.25, -0.2) is 0 Å². The number of nitrogens with zero attached hydrogens (tertiary/aromatic N) is 2. The second-order valence-corrected chi connectivity index (χ2v) is 8.26. The molecule has 0 atom stereocenters. The molecule has 0 saturated heterocycles. The minimum Gasteiger partial charge on any atom is -0.490 e. The molecule has 0 radical (unpaired) electrons. The fraction of sp³-hybridized carbons (Fsp3) is 0.200. The highest BCUT2D eigenvalue weighted by molar-refractivity contribution is 14.1. The van der Waals surface area contributed by atoms with Gasteiger partial charge in [0.1, 0.15) is 18.2 Å². The van der Waals surface area contributed by atoms with Crippen LogP contribution in [-0.2, 0) is 11.4 Å². The van der Waals surface area contributed by atoms with Crippen LogP contribution in [-0.4, -0.2) is 31.5 Å². The van der Waals surface area contributed by atoms with Crippen molar-refractivity contribution in [3.63, 3.8) is 0 Å². The number of carbonyl (C=O) groups is 1. The Hall–Kier alpha value is -3.05. The summed E-state index contributed by atoms with van der Waals surface area (Å²) in [7, 11) is 3.24. The Morgan fingerprint density at radius 1 is 1.10 bits per heavy atom. The zero-order valence-corrected chi connectivity index (χ0v) is 19.8. The van der Waals surface area contributed by atoms with E-state index in [-0.39, 0.29) is 11.5 Å². The summed E-state index contributed by atoms with van der Waals surface area (Å²) in [6, 6.07) is 20.1. The van der Waals surface area contributed by atoms with E-state index < -0.39 is 0 Å². The largest absolute Gasteiger partial charge is 0.490 e. The van der Waals surface area contributed by atoms with E-state index in [0.717, 1.165) is 9.13 Å². The van der Waals surface area contributed by atoms with Crippen LogP contribution in [0.3, 0.4) is 0 Å². The third kappa shape index (κ3) is 5.56. The molecular weight excluding hydrogens is 503 g/mol. The van der Waals surface area contributed by atoms with Crippen molar-refractivity contribution in [1.82, 2.24) is 4.90 Å². The second-order valence-electron chi connectivity index (χ2n) is 7.10. The molecule has 3 aromatic rings. The molecule has 31 heavy (non-hydrogen) atoms. The molecule has 0 aliphatic heterocycles. The van der Waals surface area contributed by atoms with E-state index in [1.807, 2.05) is 31.2 Å². The molecule has 0 N–H and O–H groups in total. The smallest absolute Gasteiger partial charge is 0.264 e. The van der Waals surface area contributed by atoms with Crippen molar-refractivity contribution >= 4 is 45.3 Å². The predicted octanol–water partition coefficient (Wildman–Crippen LogP) is 5.42. The summed E-state index contributed by atoms with van der Waals surface area (Å²) in [4.78, 5) is 13.6. The summed E-state index contributed by atoms with van der Waals surface area (Å²) < 4.78 is 12.8. The Kier molecular flexibility index (Phi) is 7.53. The molecule has 0 aliphatic rings. The van der Waals surface area contributed by atoms with Crippen molar-refractivity contribution in [2.75, 3.05) is 20.7 Å². The molecule has 5 nitrogen and oxygen atoms in total. The summed E-state index contributed by atoms with van der Waals surface area (Å²) in [5, 5.41) is 11.7. The lowest BCUT2D eigenvalue weighted by Gasteiger charge is -2.15. The maximum absolute atomic E-state index is 12.2. The lowest BCUT2D eigenvalue weighted by Crippen LogP contribution is -2.22. The van der Waals surface area contributed by atoms with Crippen LogP contribution in [0.4, 0.5) is 0 Å². The molecule has 3 aromatic carbocycles. The van der Waals surface area contributed by atoms with Crippen molar-refractivity contribution in [3.05, 3.63) is 74.9 Å². The molecule has 0 aromatic heterocycles. The minimum absolute atomic E-state index is 0.0630. The predicted molar refractivity (Wildman–Crippen MR) is 131 cm³/mol. The molecule has 6 heteroatoms. The number of hydrogen-bond acceptors (Lipinski definition) is 4. The van der Waals surface area contributed by atoms with E-state index >= 15 is 0 Å². The Bertz CT molecular complexity index is 1180. The maximum Gasteiger partial charge on any atom is 0.264 e. The van der Waals surface area contributed by atoms with Crippen molar-refractivity contribution in [2.24, 2.45) is 0 Å². The molecule has 0 unspecified atom stereocenters. The zero-order chi connectivity index (χ0) is 22.4. The summed E-state index contributed by atoms with van der Waals surface area (Å²) in [6.07, 6.45) is 1.57. The van der Waals surface area contributed by atoms with Gasteiger partial charge in [-0.2, -0.15) is 5.26 Å². The highest BCUT2D eigenvalue weighted by atomic mass is 127. The average Bonchev–Trinajstić information content (AvgIpc) is 2.76. The van der Waals surface area contributed by atoms with Crippen LogP contribution in [0.2, 0.25) is 0 Å². The van der Waals surface area contributed by atoms with Crippen molar-refractivity contribution in [2.45, 2.75) is 13.5 Å². The van der Waals surface area contributed by atoms with Gasteiger partial charge in [0.15, 0.2) is 11.5 Å². The van der Waals surface area contributed by atoms with Crippen molar-refractivity contribution < 1.29 is 14.3 Å². The summed E-state index contributed by atoms with van der Waals surface area (Å²) >= 11 is 2.19. The summed E-state index contributed by atoms with van der Waals surface area (Å²) in [5.41, 5.74) is 1.83. The van der Waals surface area contributed by atoms with Crippen LogP contribution >= 0.6 is 22.6 Å². The van der Waals surface area contributed by atoms with Gasteiger partial charge < -0.3 is 14.4 Å². The topological polar surface area (TPSA) is 62.6 Å². The van der Waals surface area contributed by atoms with Gasteiger partial charge in [0.2, 0.25) is 0 Å². The van der Waals surface area contributed by atoms with E-state index in [2.05, 4.69) is 52.9 Å². The van der Waals surface area contributed by atoms with Gasteiger partial charge in [-0.15, -0.1) is 0 Å². The molecule has 1 amide bonds. The fourth-order valence-corrected chi connectivity index (χ4v) is 3.89. The molecule has 158 valence electrons. The van der Waals surface area contributed by atoms with Crippen LogP contribution in [0.5, 0.6) is 11.5 Å². The normalized spacial score (nSPS) is 11.1. The molecule has 0 fully saturated rings. The third-order valence-corrected chi connectivity index (χ3v) is 5.40. The van der Waals surface area contributed by atoms with Gasteiger partial charge in [-0.05, 0) is 75.7 Å². The number of likely N-dealkylation sites (N-methyl/N-ethyl adjacent to an activating group) is 1. The van der Waals surface area contributed by atoms with Gasteiger partial charge in [0, 0.05) is 14.1 Å². The number of ether oxygens (including phenoxy) is 2. The number of nitriles is 1. The van der Waals surface area contributed by atoms with Gasteiger partial charge in [-0.3, -0.25) is 4.79 Å². The Morgan fingerprint density at radius 2 is 1.84 bits per heavy atom. The Balaban J connectivity index is 1.89. The lowest BCUT2D eigenvalue weighted by molar-refractivity contribution is -0.124. The number of hydrogen-bond donors (Lipinski definition) is 0. The summed E-state index contributed by atoms with van der Waals surface area (Å²) in [6.45, 7) is 2.77. The SMILES string of the molecule is CCOc1cc(/C=C(/C#N)C(=O)N(C)C)cc(I)c1OCc1ccc2ccccc2c1. The highest BCUT2D eigenvalue weighted by Gasteiger charge is 2.15. The van der Waals surface area contributed by atoms with Gasteiger partial charge in [0.05, 0.1) is 10.2 Å². The molecule has 0 spiro atoms. The molecule has 0 aliphatic carbocycles. The fourth-order valence-electron chi connectivity index (χ4n) is 3.11. The van der Waals surface area contributed by atoms with Crippen LogP contribution in [0, 0.1) is 14.9 Å². The number of benzene rings is 3. The summed E-state index contributed by atoms with van der Waals surface area (Å²) in [5.74, 6) is 0.883. The first-order valence-corrected chi connectivity index (χ1v) is 10.9. The standard InChI is InChI=1S/C25H23IN2O3/c1-4-30-23-14-18(12-21(15-27)25(29)28(2)3)13-22(26)24(23)31-16-17-9-10-19-7-5-6-8-20(19)11-17/h5-14H,4,16H2,1-3H3/b21-12-. The van der Waals surface area contributed by atoms with Crippen LogP contribution in [0.25, 0.3) is 16.8 Å². The van der Waals surface area contributed by atoms with Gasteiger partial charge >= 0.3 is 0 Å². The number of amides is 1. The first-order valence-electron chi connectivity index (χ1n) is 9.83. The van der Waals surface area contributed by atoms with E-state index in [9.17, 15) is 10.1 Å². The monoisotopic (exact) mass is 526 g/mol. The Morgan fingerprint density at radius 3 is 2.52 bits per heavy atom. The van der Waals surface area contributed by atoms with Crippen LogP contribution in [0.15, 0.2) is 60.2 Å². The number of halogens is 1. The minimum atomic E-state index is -0.341. The van der Waals surface area contributed by atoms with Crippen molar-refractivity contribution in [1.29, 1.82) is 5.26 Å². The van der Waals surface area contributed by atoms with E-state index in [1.54, 1.807) is 26.2 Å². The molecule has 0 bridgehead atoms. The van der Waals surface area contributed by atoms with E-state index in [1.165, 1.54) is 15.7 Å². The lowest BCUT2D eigenvalue weighted by atomic mass is 10.1. The van der Waals surface area contributed by atoms with E-state index in [0.29, 0.717) is 30.3 Å². The van der Waals surface area contributed by atoms with Gasteiger partial charge in [-0.1, -0.05) is 36.4 Å². The first kappa shape index (κ1) is 22.6. The van der Waals surface area contributed by atoms with Crippen LogP contribution in [0.1, 0.15) is 18.1 Å². The number of rotatable bonds is 7. The quantitative estimate of drug-likeness (QED) is 0.235. The maximum atomic E-state index is 12.2. The number of fused-ring (bicyclic) bond motifs is 1. The van der Waals surface area contributed by atoms with Crippen molar-refractivity contribution in [3.8, 4) is 17.6 Å². The highest BCUT2D eigenvalue weighted by Crippen LogP contribution is 2.35. The molecular formula is C25H23IN2O3. The number of carbonyl (C=O) groups excluding carboxylic acids is 1. The molecule has 0 heterocycles. The Labute approximate surface area is 196 Å². The van der Waals surface area contributed by atoms with Crippen LogP contribution < -0.4 is 9.47 Å². The first-order chi connectivity index (χ1) is 14.9.